The van der Waals surface area contributed by atoms with E-state index in [0.29, 0.717) is 0 Å². The molecule has 0 aliphatic heterocycles. The molecule has 0 aromatic carbocycles. The molecule has 72 valence electrons. The van der Waals surface area contributed by atoms with Gasteiger partial charge in [0.15, 0.2) is 0 Å². The lowest BCUT2D eigenvalue weighted by atomic mass is 10.1. The predicted octanol–water partition coefficient (Wildman–Crippen LogP) is 3.65. The number of rotatable bonds is 8. The molecule has 0 aromatic rings. The Kier molecular flexibility index (Phi) is 19.9. The van der Waals surface area contributed by atoms with Crippen molar-refractivity contribution in [1.29, 1.82) is 0 Å². The van der Waals surface area contributed by atoms with E-state index in [4.69, 9.17) is 0 Å². The monoisotopic (exact) mass is 294 g/mol. The molecular formula is C10H23IMg. The molecular weight excluding hydrogens is 271 g/mol. The zero-order valence-electron chi connectivity index (χ0n) is 7.74. The van der Waals surface area contributed by atoms with Crippen LogP contribution < -0.4 is 0 Å². The second kappa shape index (κ2) is 15.0. The third kappa shape index (κ3) is 14.0. The minimum absolute atomic E-state index is 0. The normalized spacial score (nSPS) is 9.50. The summed E-state index contributed by atoms with van der Waals surface area (Å²) in [6, 6.07) is 0. The van der Waals surface area contributed by atoms with E-state index in [1.165, 1.54) is 55.8 Å². The molecule has 0 radical (unpaired) electrons. The highest BCUT2D eigenvalue weighted by atomic mass is 127. The van der Waals surface area contributed by atoms with Crippen LogP contribution in [0.2, 0.25) is 0 Å². The summed E-state index contributed by atoms with van der Waals surface area (Å²) in [6.07, 6.45) is 11.5. The van der Waals surface area contributed by atoms with Crippen molar-refractivity contribution in [3.8, 4) is 0 Å². The van der Waals surface area contributed by atoms with Gasteiger partial charge in [0.1, 0.15) is 0 Å². The third-order valence-electron chi connectivity index (χ3n) is 1.99. The summed E-state index contributed by atoms with van der Waals surface area (Å²) in [7, 11) is 0. The Bertz CT molecular complexity index is 58.9. The topological polar surface area (TPSA) is 0 Å². The van der Waals surface area contributed by atoms with Crippen molar-refractivity contribution < 1.29 is 0 Å². The van der Waals surface area contributed by atoms with Crippen LogP contribution >= 0.6 is 22.6 Å². The first kappa shape index (κ1) is 15.9. The smallest absolute Gasteiger partial charge is 0.0864 e. The van der Waals surface area contributed by atoms with Gasteiger partial charge in [-0.3, -0.25) is 0 Å². The maximum atomic E-state index is 2.46. The van der Waals surface area contributed by atoms with Gasteiger partial charge in [0, 0.05) is 0 Å². The highest BCUT2D eigenvalue weighted by Crippen LogP contribution is 2.08. The number of alkyl halides is 1. The fraction of sp³-hybridized carbons (Fsp3) is 1.00. The highest BCUT2D eigenvalue weighted by molar-refractivity contribution is 14.1. The van der Waals surface area contributed by atoms with E-state index in [-0.39, 0.29) is 23.1 Å². The van der Waals surface area contributed by atoms with Gasteiger partial charge in [0.25, 0.3) is 0 Å². The van der Waals surface area contributed by atoms with Crippen LogP contribution in [-0.2, 0) is 0 Å². The van der Waals surface area contributed by atoms with E-state index in [2.05, 4.69) is 29.5 Å². The van der Waals surface area contributed by atoms with Gasteiger partial charge in [-0.1, -0.05) is 74.5 Å². The SMILES string of the molecule is CCCCCCCCCCI.[MgH2]. The van der Waals surface area contributed by atoms with Crippen LogP contribution in [0.3, 0.4) is 0 Å². The van der Waals surface area contributed by atoms with Crippen LogP contribution in [0.1, 0.15) is 58.3 Å². The molecule has 0 aliphatic carbocycles. The largest absolute Gasteiger partial charge is 0.316 e. The van der Waals surface area contributed by atoms with E-state index in [9.17, 15) is 0 Å². The first-order valence-electron chi connectivity index (χ1n) is 4.97. The lowest BCUT2D eigenvalue weighted by molar-refractivity contribution is 0.587. The Hall–Kier alpha value is 1.50. The fourth-order valence-corrected chi connectivity index (χ4v) is 1.77. The van der Waals surface area contributed by atoms with Gasteiger partial charge < -0.3 is 0 Å². The summed E-state index contributed by atoms with van der Waals surface area (Å²) in [5.41, 5.74) is 0. The Morgan fingerprint density at radius 2 is 1.17 bits per heavy atom. The maximum Gasteiger partial charge on any atom is 0.316 e. The van der Waals surface area contributed by atoms with E-state index < -0.39 is 0 Å². The lowest BCUT2D eigenvalue weighted by Gasteiger charge is -1.98. The summed E-state index contributed by atoms with van der Waals surface area (Å²) in [6.45, 7) is 2.27. The van der Waals surface area contributed by atoms with E-state index in [1.807, 2.05) is 0 Å². The van der Waals surface area contributed by atoms with Crippen molar-refractivity contribution in [2.75, 3.05) is 4.43 Å². The Morgan fingerprint density at radius 1 is 0.750 bits per heavy atom. The van der Waals surface area contributed by atoms with Gasteiger partial charge in [0.2, 0.25) is 0 Å². The van der Waals surface area contributed by atoms with E-state index in [0.717, 1.165) is 0 Å². The van der Waals surface area contributed by atoms with Gasteiger partial charge in [-0.05, 0) is 10.8 Å². The maximum absolute atomic E-state index is 2.46. The molecule has 0 heterocycles. The van der Waals surface area contributed by atoms with Gasteiger partial charge >= 0.3 is 23.1 Å². The number of halogens is 1. The van der Waals surface area contributed by atoms with Crippen LogP contribution in [0.4, 0.5) is 0 Å². The molecule has 0 N–H and O–H groups in total. The zero-order valence-corrected chi connectivity index (χ0v) is 9.90. The second-order valence-corrected chi connectivity index (χ2v) is 4.24. The quantitative estimate of drug-likeness (QED) is 0.277. The number of unbranched alkanes of at least 4 members (excludes halogenated alkanes) is 7. The Labute approximate surface area is 108 Å². The van der Waals surface area contributed by atoms with Crippen LogP contribution in [0, 0.1) is 0 Å². The molecule has 0 aliphatic rings. The van der Waals surface area contributed by atoms with Crippen molar-refractivity contribution in [2.24, 2.45) is 0 Å². The Morgan fingerprint density at radius 3 is 1.58 bits per heavy atom. The first-order valence-corrected chi connectivity index (χ1v) is 6.50. The highest BCUT2D eigenvalue weighted by Gasteiger charge is 1.89. The molecule has 0 saturated carbocycles. The molecule has 0 aromatic heterocycles. The van der Waals surface area contributed by atoms with Crippen molar-refractivity contribution >= 4 is 45.6 Å². The Balaban J connectivity index is 0. The standard InChI is InChI=1S/C10H21I.Mg.2H/c1-2-3-4-5-6-7-8-9-10-11;;;/h2-10H2,1H3;;;. The average Bonchev–Trinajstić information content (AvgIpc) is 2.03. The van der Waals surface area contributed by atoms with Gasteiger partial charge in [-0.2, -0.15) is 0 Å². The molecule has 0 nitrogen and oxygen atoms in total. The number of hydrogen-bond acceptors (Lipinski definition) is 0. The van der Waals surface area contributed by atoms with Crippen molar-refractivity contribution in [1.82, 2.24) is 0 Å². The van der Waals surface area contributed by atoms with Crippen molar-refractivity contribution in [3.63, 3.8) is 0 Å². The molecule has 0 bridgehead atoms. The van der Waals surface area contributed by atoms with Crippen LogP contribution in [0.25, 0.3) is 0 Å². The van der Waals surface area contributed by atoms with Crippen molar-refractivity contribution in [3.05, 3.63) is 0 Å². The lowest BCUT2D eigenvalue weighted by Crippen LogP contribution is -1.80. The van der Waals surface area contributed by atoms with E-state index >= 15 is 0 Å². The molecule has 0 saturated heterocycles. The molecule has 0 fully saturated rings. The third-order valence-corrected chi connectivity index (χ3v) is 2.75. The summed E-state index contributed by atoms with van der Waals surface area (Å²) >= 11 is 2.46. The van der Waals surface area contributed by atoms with Gasteiger partial charge in [0.05, 0.1) is 0 Å². The van der Waals surface area contributed by atoms with Gasteiger partial charge in [-0.15, -0.1) is 0 Å². The first-order chi connectivity index (χ1) is 5.41. The molecule has 12 heavy (non-hydrogen) atoms. The minimum Gasteiger partial charge on any atom is -0.0864 e. The zero-order chi connectivity index (χ0) is 8.36. The van der Waals surface area contributed by atoms with E-state index in [1.54, 1.807) is 0 Å². The predicted molar refractivity (Wildman–Crippen MR) is 70.0 cm³/mol. The molecule has 0 unspecified atom stereocenters. The molecule has 0 rings (SSSR count). The summed E-state index contributed by atoms with van der Waals surface area (Å²) in [5.74, 6) is 0. The van der Waals surface area contributed by atoms with Crippen LogP contribution in [0.5, 0.6) is 0 Å². The molecule has 0 spiro atoms. The summed E-state index contributed by atoms with van der Waals surface area (Å²) in [5, 5.41) is 0. The molecule has 0 amide bonds. The van der Waals surface area contributed by atoms with Gasteiger partial charge in [-0.25, -0.2) is 0 Å². The van der Waals surface area contributed by atoms with Crippen LogP contribution in [0.15, 0.2) is 0 Å². The minimum atomic E-state index is 0. The fourth-order valence-electron chi connectivity index (χ4n) is 1.23. The number of hydrogen-bond donors (Lipinski definition) is 0. The van der Waals surface area contributed by atoms with Crippen molar-refractivity contribution in [2.45, 2.75) is 58.3 Å². The second-order valence-electron chi connectivity index (χ2n) is 3.16. The summed E-state index contributed by atoms with van der Waals surface area (Å²) in [4.78, 5) is 0. The average molecular weight is 295 g/mol. The van der Waals surface area contributed by atoms with Crippen LogP contribution in [-0.4, -0.2) is 27.5 Å². The molecule has 0 atom stereocenters. The summed E-state index contributed by atoms with van der Waals surface area (Å²) < 4.78 is 1.34. The molecule has 2 heteroatoms.